The molecule has 0 spiro atoms. The molecule has 3 rings (SSSR count). The minimum Gasteiger partial charge on any atom is -0.357 e. The molecule has 0 saturated carbocycles. The van der Waals surface area contributed by atoms with Gasteiger partial charge in [-0.1, -0.05) is 25.4 Å². The largest absolute Gasteiger partial charge is 0.405 e. The smallest absolute Gasteiger partial charge is 0.357 e. The van der Waals surface area contributed by atoms with E-state index in [9.17, 15) is 18.0 Å². The van der Waals surface area contributed by atoms with Crippen LogP contribution in [0.3, 0.4) is 0 Å². The van der Waals surface area contributed by atoms with Crippen LogP contribution < -0.4 is 10.6 Å². The van der Waals surface area contributed by atoms with Gasteiger partial charge < -0.3 is 15.6 Å². The number of hydrogen-bond acceptors (Lipinski definition) is 6. The third kappa shape index (κ3) is 5.11. The highest BCUT2D eigenvalue weighted by Gasteiger charge is 2.30. The first-order chi connectivity index (χ1) is 13.6. The van der Waals surface area contributed by atoms with Crippen molar-refractivity contribution in [3.05, 3.63) is 29.7 Å². The van der Waals surface area contributed by atoms with E-state index in [-0.39, 0.29) is 17.6 Å². The van der Waals surface area contributed by atoms with Gasteiger partial charge in [-0.25, -0.2) is 9.97 Å². The summed E-state index contributed by atoms with van der Waals surface area (Å²) in [7, 11) is 0. The fraction of sp³-hybridized carbons (Fsp3) is 0.353. The van der Waals surface area contributed by atoms with Crippen LogP contribution in [0, 0.1) is 5.92 Å². The monoisotopic (exact) mass is 427 g/mol. The Morgan fingerprint density at radius 1 is 1.31 bits per heavy atom. The lowest BCUT2D eigenvalue weighted by Gasteiger charge is -2.22. The summed E-state index contributed by atoms with van der Waals surface area (Å²) in [5.41, 5.74) is 1.17. The number of rotatable bonds is 6. The Morgan fingerprint density at radius 3 is 2.76 bits per heavy atom. The van der Waals surface area contributed by atoms with Gasteiger partial charge in [0.2, 0.25) is 5.91 Å². The van der Waals surface area contributed by atoms with E-state index in [1.165, 1.54) is 12.4 Å². The van der Waals surface area contributed by atoms with E-state index < -0.39 is 24.7 Å². The summed E-state index contributed by atoms with van der Waals surface area (Å²) in [4.78, 5) is 23.7. The zero-order valence-electron chi connectivity index (χ0n) is 15.4. The summed E-state index contributed by atoms with van der Waals surface area (Å²) < 4.78 is 37.2. The minimum atomic E-state index is -4.49. The number of nitrogens with one attached hydrogen (secondary N) is 3. The Kier molecular flexibility index (Phi) is 5.87. The number of H-pyrrole nitrogens is 1. The van der Waals surface area contributed by atoms with Crippen LogP contribution in [0.25, 0.3) is 22.4 Å². The van der Waals surface area contributed by atoms with Gasteiger partial charge >= 0.3 is 6.18 Å². The summed E-state index contributed by atoms with van der Waals surface area (Å²) >= 11 is 6.00. The summed E-state index contributed by atoms with van der Waals surface area (Å²) in [5, 5.41) is 13.7. The molecule has 29 heavy (non-hydrogen) atoms. The molecule has 0 aliphatic rings. The van der Waals surface area contributed by atoms with E-state index >= 15 is 0 Å². The van der Waals surface area contributed by atoms with Crippen LogP contribution in [0.4, 0.5) is 19.0 Å². The second-order valence-corrected chi connectivity index (χ2v) is 7.05. The maximum atomic E-state index is 12.4. The van der Waals surface area contributed by atoms with E-state index in [4.69, 9.17) is 11.6 Å². The molecule has 12 heteroatoms. The Bertz CT molecular complexity index is 1020. The van der Waals surface area contributed by atoms with Crippen molar-refractivity contribution in [1.82, 2.24) is 30.5 Å². The summed E-state index contributed by atoms with van der Waals surface area (Å²) in [6, 6.07) is 0.752. The van der Waals surface area contributed by atoms with Crippen molar-refractivity contribution in [2.75, 3.05) is 11.9 Å². The predicted octanol–water partition coefficient (Wildman–Crippen LogP) is 3.18. The molecule has 3 N–H and O–H groups in total. The highest BCUT2D eigenvalue weighted by Crippen LogP contribution is 2.27. The maximum absolute atomic E-state index is 12.4. The zero-order chi connectivity index (χ0) is 21.2. The topological polar surface area (TPSA) is 108 Å². The van der Waals surface area contributed by atoms with E-state index in [1.807, 2.05) is 5.32 Å². The van der Waals surface area contributed by atoms with Crippen LogP contribution in [0.5, 0.6) is 0 Å². The van der Waals surface area contributed by atoms with E-state index in [0.29, 0.717) is 21.6 Å². The van der Waals surface area contributed by atoms with Gasteiger partial charge in [0.05, 0.1) is 11.2 Å². The highest BCUT2D eigenvalue weighted by molar-refractivity contribution is 6.31. The molecule has 0 aliphatic heterocycles. The molecular weight excluding hydrogens is 411 g/mol. The first-order valence-electron chi connectivity index (χ1n) is 8.58. The quantitative estimate of drug-likeness (QED) is 0.557. The van der Waals surface area contributed by atoms with Crippen molar-refractivity contribution in [3.8, 4) is 11.4 Å². The van der Waals surface area contributed by atoms with Crippen molar-refractivity contribution in [2.24, 2.45) is 5.92 Å². The van der Waals surface area contributed by atoms with E-state index in [1.54, 1.807) is 26.1 Å². The molecule has 3 aromatic heterocycles. The fourth-order valence-electron chi connectivity index (χ4n) is 2.64. The van der Waals surface area contributed by atoms with Gasteiger partial charge in [-0.15, -0.1) is 5.10 Å². The van der Waals surface area contributed by atoms with E-state index in [2.05, 4.69) is 30.5 Å². The van der Waals surface area contributed by atoms with Crippen LogP contribution in [0.15, 0.2) is 24.7 Å². The molecule has 8 nitrogen and oxygen atoms in total. The number of pyridine rings is 1. The van der Waals surface area contributed by atoms with Crippen molar-refractivity contribution in [1.29, 1.82) is 0 Å². The first-order valence-corrected chi connectivity index (χ1v) is 8.95. The number of aromatic nitrogens is 5. The summed E-state index contributed by atoms with van der Waals surface area (Å²) in [6.45, 7) is 1.99. The number of halogens is 4. The van der Waals surface area contributed by atoms with Crippen molar-refractivity contribution in [3.63, 3.8) is 0 Å². The summed E-state index contributed by atoms with van der Waals surface area (Å²) in [5.74, 6) is -0.665. The molecule has 154 valence electrons. The number of fused-ring (bicyclic) bond motifs is 1. The number of nitrogens with zero attached hydrogens (tertiary/aromatic N) is 4. The molecule has 3 aromatic rings. The van der Waals surface area contributed by atoms with Gasteiger partial charge in [0.15, 0.2) is 5.82 Å². The average Bonchev–Trinajstić information content (AvgIpc) is 3.06. The number of carbonyl (C=O) groups excluding carboxylic acids is 1. The maximum Gasteiger partial charge on any atom is 0.405 e. The molecule has 0 radical (unpaired) electrons. The lowest BCUT2D eigenvalue weighted by atomic mass is 10.0. The second-order valence-electron chi connectivity index (χ2n) is 6.62. The Labute approximate surface area is 168 Å². The molecule has 1 amide bonds. The van der Waals surface area contributed by atoms with Gasteiger partial charge in [-0.3, -0.25) is 4.79 Å². The molecule has 0 aromatic carbocycles. The van der Waals surface area contributed by atoms with Crippen LogP contribution in [-0.4, -0.2) is 49.8 Å². The number of aromatic amines is 1. The first kappa shape index (κ1) is 20.8. The third-order valence-corrected chi connectivity index (χ3v) is 4.22. The number of alkyl halides is 3. The van der Waals surface area contributed by atoms with Gasteiger partial charge in [-0.2, -0.15) is 18.3 Å². The van der Waals surface area contributed by atoms with Crippen LogP contribution in [0.2, 0.25) is 5.02 Å². The third-order valence-electron chi connectivity index (χ3n) is 4.01. The number of carbonyl (C=O) groups is 1. The molecular formula is C17H17ClF3N7O. The Hall–Kier alpha value is -2.95. The Balaban J connectivity index is 1.84. The van der Waals surface area contributed by atoms with Crippen molar-refractivity contribution >= 4 is 34.4 Å². The predicted molar refractivity (Wildman–Crippen MR) is 101 cm³/mol. The fourth-order valence-corrected chi connectivity index (χ4v) is 2.80. The summed E-state index contributed by atoms with van der Waals surface area (Å²) in [6.07, 6.45) is -0.0692. The molecule has 0 bridgehead atoms. The normalized spacial score (nSPS) is 12.9. The van der Waals surface area contributed by atoms with Gasteiger partial charge in [0, 0.05) is 23.3 Å². The minimum absolute atomic E-state index is 0.195. The van der Waals surface area contributed by atoms with Crippen molar-refractivity contribution < 1.29 is 18.0 Å². The number of amides is 1. The van der Waals surface area contributed by atoms with Crippen LogP contribution in [-0.2, 0) is 4.79 Å². The van der Waals surface area contributed by atoms with Crippen LogP contribution in [0.1, 0.15) is 13.8 Å². The molecule has 0 saturated heterocycles. The molecule has 3 heterocycles. The highest BCUT2D eigenvalue weighted by atomic mass is 35.5. The lowest BCUT2D eigenvalue weighted by Crippen LogP contribution is -2.46. The average molecular weight is 428 g/mol. The Morgan fingerprint density at radius 2 is 2.07 bits per heavy atom. The molecule has 0 fully saturated rings. The van der Waals surface area contributed by atoms with Crippen LogP contribution >= 0.6 is 11.6 Å². The zero-order valence-corrected chi connectivity index (χ0v) is 16.1. The number of hydrogen-bond donors (Lipinski definition) is 3. The second kappa shape index (κ2) is 8.19. The van der Waals surface area contributed by atoms with Gasteiger partial charge in [0.1, 0.15) is 24.1 Å². The molecule has 0 aliphatic carbocycles. The van der Waals surface area contributed by atoms with Gasteiger partial charge in [0.25, 0.3) is 0 Å². The molecule has 1 atom stereocenters. The SMILES string of the molecule is CC(C)[C@@H](Nc1cnnc(-c2c[nH]c3ncc(Cl)cc23)n1)C(=O)NCC(F)(F)F. The standard InChI is InChI=1S/C17H17ClF3N7O/c1-8(2)13(16(29)24-7-17(19,20)21)26-12-6-25-28-15(27-12)11-5-23-14-10(11)3-9(18)4-22-14/h3-6,8,13H,7H2,1-2H3,(H,22,23)(H,24,29)(H,26,27,28)/t13-/m1/s1. The van der Waals surface area contributed by atoms with E-state index in [0.717, 1.165) is 0 Å². The lowest BCUT2D eigenvalue weighted by molar-refractivity contribution is -0.139. The number of anilines is 1. The molecule has 0 unspecified atom stereocenters. The van der Waals surface area contributed by atoms with Gasteiger partial charge in [-0.05, 0) is 12.0 Å². The van der Waals surface area contributed by atoms with Crippen molar-refractivity contribution in [2.45, 2.75) is 26.1 Å².